The molecule has 1 spiro atoms. The number of unbranched alkanes of at least 4 members (excludes halogenated alkanes) is 6. The van der Waals surface area contributed by atoms with Crippen LogP contribution in [0.5, 0.6) is 0 Å². The van der Waals surface area contributed by atoms with Crippen molar-refractivity contribution in [1.29, 1.82) is 0 Å². The lowest BCUT2D eigenvalue weighted by molar-refractivity contribution is -0.275. The maximum atomic E-state index is 12.1. The molecule has 1 N–H and O–H groups in total. The summed E-state index contributed by atoms with van der Waals surface area (Å²) in [6.45, 7) is 5.59. The Kier molecular flexibility index (Phi) is 8.28. The molecular weight excluding hydrogens is 364 g/mol. The minimum Gasteiger partial charge on any atom is -0.392 e. The zero-order valence-electron chi connectivity index (χ0n) is 18.0. The third-order valence-corrected chi connectivity index (χ3v) is 6.66. The van der Waals surface area contributed by atoms with Gasteiger partial charge in [0.1, 0.15) is 0 Å². The van der Waals surface area contributed by atoms with Gasteiger partial charge < -0.3 is 14.6 Å². The molecule has 0 aromatic heterocycles. The highest BCUT2D eigenvalue weighted by Gasteiger charge is 2.46. The average Bonchev–Trinajstić information content (AvgIpc) is 2.71. The SMILES string of the molecule is C=CCCCCCCCC[C@H]1CCC[C@]2(C=C(CO)[C@H]3CC(=O)C(C)=C[C@H]3O2)O1. The van der Waals surface area contributed by atoms with E-state index in [0.29, 0.717) is 6.42 Å². The minimum atomic E-state index is -0.732. The molecule has 162 valence electrons. The molecule has 0 amide bonds. The number of ether oxygens (including phenoxy) is 2. The summed E-state index contributed by atoms with van der Waals surface area (Å²) in [5.74, 6) is -0.631. The lowest BCUT2D eigenvalue weighted by atomic mass is 9.78. The van der Waals surface area contributed by atoms with E-state index in [1.165, 1.54) is 38.5 Å². The molecule has 2 heterocycles. The molecule has 0 aromatic carbocycles. The fourth-order valence-electron chi connectivity index (χ4n) is 4.95. The predicted octanol–water partition coefficient (Wildman–Crippen LogP) is 5.41. The van der Waals surface area contributed by atoms with E-state index in [-0.39, 0.29) is 30.5 Å². The van der Waals surface area contributed by atoms with Gasteiger partial charge in [0.25, 0.3) is 0 Å². The first-order chi connectivity index (χ1) is 14.1. The number of hydrogen-bond acceptors (Lipinski definition) is 4. The van der Waals surface area contributed by atoms with Crippen LogP contribution >= 0.6 is 0 Å². The first-order valence-electron chi connectivity index (χ1n) is 11.6. The average molecular weight is 403 g/mol. The van der Waals surface area contributed by atoms with Crippen LogP contribution in [0.1, 0.15) is 84.0 Å². The van der Waals surface area contributed by atoms with Crippen LogP contribution in [0, 0.1) is 5.92 Å². The Hall–Kier alpha value is -1.23. The van der Waals surface area contributed by atoms with Crippen LogP contribution in [-0.4, -0.2) is 35.5 Å². The van der Waals surface area contributed by atoms with Crippen LogP contribution < -0.4 is 0 Å². The molecule has 0 radical (unpaired) electrons. The van der Waals surface area contributed by atoms with Gasteiger partial charge in [-0.3, -0.25) is 4.79 Å². The van der Waals surface area contributed by atoms with Crippen LogP contribution in [0.25, 0.3) is 0 Å². The molecule has 2 aliphatic heterocycles. The molecule has 1 fully saturated rings. The third kappa shape index (κ3) is 5.90. The van der Waals surface area contributed by atoms with Gasteiger partial charge in [0.15, 0.2) is 11.6 Å². The fourth-order valence-corrected chi connectivity index (χ4v) is 4.95. The number of allylic oxidation sites excluding steroid dienone is 2. The maximum Gasteiger partial charge on any atom is 0.189 e. The molecule has 3 aliphatic rings. The Morgan fingerprint density at radius 3 is 2.72 bits per heavy atom. The fraction of sp³-hybridized carbons (Fsp3) is 0.720. The molecule has 29 heavy (non-hydrogen) atoms. The van der Waals surface area contributed by atoms with Gasteiger partial charge in [-0.15, -0.1) is 6.58 Å². The van der Waals surface area contributed by atoms with E-state index in [9.17, 15) is 9.90 Å². The second-order valence-electron chi connectivity index (χ2n) is 8.97. The molecule has 1 aliphatic carbocycles. The normalized spacial score (nSPS) is 31.9. The second kappa shape index (κ2) is 10.7. The maximum absolute atomic E-state index is 12.1. The van der Waals surface area contributed by atoms with Crippen molar-refractivity contribution in [1.82, 2.24) is 0 Å². The Morgan fingerprint density at radius 1 is 1.21 bits per heavy atom. The lowest BCUT2D eigenvalue weighted by Gasteiger charge is -2.47. The zero-order chi connectivity index (χ0) is 20.7. The molecule has 3 rings (SSSR count). The van der Waals surface area contributed by atoms with Crippen LogP contribution in [-0.2, 0) is 14.3 Å². The Morgan fingerprint density at radius 2 is 1.97 bits per heavy atom. The number of aliphatic hydroxyl groups excluding tert-OH is 1. The molecular formula is C25H38O4. The monoisotopic (exact) mass is 402 g/mol. The van der Waals surface area contributed by atoms with Gasteiger partial charge in [-0.2, -0.15) is 0 Å². The van der Waals surface area contributed by atoms with E-state index < -0.39 is 5.79 Å². The van der Waals surface area contributed by atoms with Gasteiger partial charge in [-0.05, 0) is 62.3 Å². The summed E-state index contributed by atoms with van der Waals surface area (Å²) in [6.07, 6.45) is 19.2. The van der Waals surface area contributed by atoms with E-state index in [1.54, 1.807) is 0 Å². The topological polar surface area (TPSA) is 55.8 Å². The Balaban J connectivity index is 1.52. The van der Waals surface area contributed by atoms with Crippen molar-refractivity contribution < 1.29 is 19.4 Å². The molecule has 0 aromatic rings. The number of fused-ring (bicyclic) bond motifs is 1. The van der Waals surface area contributed by atoms with E-state index in [4.69, 9.17) is 9.47 Å². The molecule has 0 bridgehead atoms. The van der Waals surface area contributed by atoms with Gasteiger partial charge in [0.05, 0.1) is 18.8 Å². The highest BCUT2D eigenvalue weighted by atomic mass is 16.7. The quantitative estimate of drug-likeness (QED) is 0.392. The van der Waals surface area contributed by atoms with Crippen molar-refractivity contribution in [3.63, 3.8) is 0 Å². The van der Waals surface area contributed by atoms with Crippen molar-refractivity contribution in [2.24, 2.45) is 5.92 Å². The number of carbonyl (C=O) groups excluding carboxylic acids is 1. The molecule has 0 saturated carbocycles. The number of ketones is 1. The summed E-state index contributed by atoms with van der Waals surface area (Å²) in [6, 6.07) is 0. The van der Waals surface area contributed by atoms with Crippen molar-refractivity contribution >= 4 is 5.78 Å². The van der Waals surface area contributed by atoms with Crippen LogP contribution in [0.15, 0.2) is 36.0 Å². The largest absolute Gasteiger partial charge is 0.392 e. The molecule has 0 unspecified atom stereocenters. The minimum absolute atomic E-state index is 0.0354. The molecule has 4 nitrogen and oxygen atoms in total. The Labute approximate surface area is 176 Å². The third-order valence-electron chi connectivity index (χ3n) is 6.66. The van der Waals surface area contributed by atoms with Gasteiger partial charge in [-0.1, -0.05) is 38.2 Å². The highest BCUT2D eigenvalue weighted by molar-refractivity contribution is 5.96. The van der Waals surface area contributed by atoms with Gasteiger partial charge in [0.2, 0.25) is 0 Å². The van der Waals surface area contributed by atoms with Gasteiger partial charge in [0, 0.05) is 18.8 Å². The van der Waals surface area contributed by atoms with Crippen molar-refractivity contribution in [3.05, 3.63) is 36.0 Å². The summed E-state index contributed by atoms with van der Waals surface area (Å²) in [5.41, 5.74) is 1.67. The van der Waals surface area contributed by atoms with Crippen LogP contribution in [0.3, 0.4) is 0 Å². The van der Waals surface area contributed by atoms with Crippen molar-refractivity contribution in [2.75, 3.05) is 6.61 Å². The van der Waals surface area contributed by atoms with Gasteiger partial charge in [-0.25, -0.2) is 0 Å². The number of carbonyl (C=O) groups is 1. The summed E-state index contributed by atoms with van der Waals surface area (Å²) in [7, 11) is 0. The van der Waals surface area contributed by atoms with Crippen LogP contribution in [0.2, 0.25) is 0 Å². The number of Topliss-reactive ketones (excluding diaryl/α,β-unsaturated/α-hetero) is 1. The van der Waals surface area contributed by atoms with E-state index in [0.717, 1.165) is 43.3 Å². The molecule has 4 atom stereocenters. The smallest absolute Gasteiger partial charge is 0.189 e. The first-order valence-corrected chi connectivity index (χ1v) is 11.6. The summed E-state index contributed by atoms with van der Waals surface area (Å²) < 4.78 is 12.9. The molecule has 1 saturated heterocycles. The number of aliphatic hydroxyl groups is 1. The Bertz CT molecular complexity index is 635. The van der Waals surface area contributed by atoms with E-state index in [1.807, 2.05) is 25.2 Å². The summed E-state index contributed by atoms with van der Waals surface area (Å²) >= 11 is 0. The zero-order valence-corrected chi connectivity index (χ0v) is 18.0. The second-order valence-corrected chi connectivity index (χ2v) is 8.97. The van der Waals surface area contributed by atoms with E-state index >= 15 is 0 Å². The molecule has 4 heteroatoms. The van der Waals surface area contributed by atoms with Crippen molar-refractivity contribution in [2.45, 2.75) is 102 Å². The van der Waals surface area contributed by atoms with Gasteiger partial charge >= 0.3 is 0 Å². The summed E-state index contributed by atoms with van der Waals surface area (Å²) in [4.78, 5) is 12.1. The van der Waals surface area contributed by atoms with Crippen LogP contribution in [0.4, 0.5) is 0 Å². The number of hydrogen-bond donors (Lipinski definition) is 1. The predicted molar refractivity (Wildman–Crippen MR) is 116 cm³/mol. The van der Waals surface area contributed by atoms with E-state index in [2.05, 4.69) is 6.58 Å². The first kappa shape index (κ1) is 22.5. The lowest BCUT2D eigenvalue weighted by Crippen LogP contribution is -2.50. The van der Waals surface area contributed by atoms with Crippen molar-refractivity contribution in [3.8, 4) is 0 Å². The summed E-state index contributed by atoms with van der Waals surface area (Å²) in [5, 5.41) is 9.92. The number of rotatable bonds is 10. The standard InChI is InChI=1S/C25H38O4/c1-3-4-5-6-7-8-9-10-12-21-13-11-14-25(28-21)17-20(18-26)22-16-23(27)19(2)15-24(22)29-25/h3,15,17,21-22,24,26H,1,4-14,16,18H2,2H3/t21-,22+,24+,25-/m0/s1. The highest BCUT2D eigenvalue weighted by Crippen LogP contribution is 2.43.